The first-order chi connectivity index (χ1) is 12.4. The lowest BCUT2D eigenvalue weighted by Crippen LogP contribution is -2.17. The summed E-state index contributed by atoms with van der Waals surface area (Å²) >= 11 is 7.34. The number of thioether (sulfide) groups is 1. The molecule has 0 heterocycles. The number of hydrogen-bond donors (Lipinski definition) is 1. The van der Waals surface area contributed by atoms with Crippen LogP contribution in [-0.2, 0) is 10.8 Å². The van der Waals surface area contributed by atoms with Crippen LogP contribution in [0, 0.1) is 11.3 Å². The van der Waals surface area contributed by atoms with Gasteiger partial charge in [0.2, 0.25) is 0 Å². The molecule has 0 atom stereocenters. The molecule has 27 heavy (non-hydrogen) atoms. The highest BCUT2D eigenvalue weighted by Gasteiger charge is 2.26. The predicted molar refractivity (Wildman–Crippen MR) is 116 cm³/mol. The fourth-order valence-corrected chi connectivity index (χ4v) is 3.64. The summed E-state index contributed by atoms with van der Waals surface area (Å²) in [6.07, 6.45) is 1.88. The predicted octanol–water partition coefficient (Wildman–Crippen LogP) is 7.30. The third kappa shape index (κ3) is 5.54. The van der Waals surface area contributed by atoms with E-state index in [4.69, 9.17) is 11.6 Å². The number of allylic oxidation sites excluding steroid dienone is 1. The van der Waals surface area contributed by atoms with Crippen molar-refractivity contribution in [2.75, 3.05) is 0 Å². The van der Waals surface area contributed by atoms with Crippen LogP contribution >= 0.6 is 23.4 Å². The number of phenolic OH excluding ortho intramolecular Hbond substituents is 1. The summed E-state index contributed by atoms with van der Waals surface area (Å²) < 4.78 is 0. The molecule has 0 bridgehead atoms. The zero-order valence-corrected chi connectivity index (χ0v) is 18.3. The molecule has 0 aliphatic carbocycles. The molecule has 0 amide bonds. The lowest BCUT2D eigenvalue weighted by molar-refractivity contribution is 0.423. The average Bonchev–Trinajstić information content (AvgIpc) is 2.55. The number of nitriles is 1. The average molecular weight is 400 g/mol. The van der Waals surface area contributed by atoms with Crippen LogP contribution in [0.25, 0.3) is 6.08 Å². The zero-order valence-electron chi connectivity index (χ0n) is 16.7. The molecule has 0 aromatic heterocycles. The summed E-state index contributed by atoms with van der Waals surface area (Å²) in [6.45, 7) is 12.5. The van der Waals surface area contributed by atoms with Gasteiger partial charge < -0.3 is 5.11 Å². The van der Waals surface area contributed by atoms with E-state index in [1.165, 1.54) is 11.8 Å². The molecule has 0 radical (unpaired) electrons. The van der Waals surface area contributed by atoms with E-state index < -0.39 is 0 Å². The summed E-state index contributed by atoms with van der Waals surface area (Å²) in [5.41, 5.74) is 2.28. The number of phenols is 1. The van der Waals surface area contributed by atoms with E-state index in [1.807, 2.05) is 42.5 Å². The topological polar surface area (TPSA) is 44.0 Å². The van der Waals surface area contributed by atoms with Gasteiger partial charge in [0.15, 0.2) is 0 Å². The summed E-state index contributed by atoms with van der Waals surface area (Å²) in [5, 5.41) is 21.1. The van der Waals surface area contributed by atoms with Gasteiger partial charge in [-0.2, -0.15) is 5.26 Å². The van der Waals surface area contributed by atoms with Crippen LogP contribution in [0.2, 0.25) is 5.02 Å². The number of benzene rings is 2. The van der Waals surface area contributed by atoms with Gasteiger partial charge in [-0.3, -0.25) is 0 Å². The molecule has 0 aliphatic rings. The first-order valence-corrected chi connectivity index (χ1v) is 10.0. The summed E-state index contributed by atoms with van der Waals surface area (Å²) in [4.78, 5) is 1.54. The summed E-state index contributed by atoms with van der Waals surface area (Å²) in [5.74, 6) is 0.344. The van der Waals surface area contributed by atoms with Gasteiger partial charge in [-0.25, -0.2) is 0 Å². The Bertz CT molecular complexity index is 859. The van der Waals surface area contributed by atoms with E-state index in [-0.39, 0.29) is 10.8 Å². The molecular formula is C23H26ClNOS. The van der Waals surface area contributed by atoms with Crippen LogP contribution in [0.3, 0.4) is 0 Å². The van der Waals surface area contributed by atoms with Gasteiger partial charge in [-0.1, -0.05) is 64.9 Å². The van der Waals surface area contributed by atoms with Crippen molar-refractivity contribution in [3.63, 3.8) is 0 Å². The summed E-state index contributed by atoms with van der Waals surface area (Å²) in [7, 11) is 0. The van der Waals surface area contributed by atoms with Crippen LogP contribution in [0.15, 0.2) is 46.2 Å². The van der Waals surface area contributed by atoms with Crippen LogP contribution in [0.5, 0.6) is 5.75 Å². The Morgan fingerprint density at radius 2 is 1.48 bits per heavy atom. The van der Waals surface area contributed by atoms with E-state index in [2.05, 4.69) is 47.6 Å². The van der Waals surface area contributed by atoms with Gasteiger partial charge in [-0.05, 0) is 58.9 Å². The van der Waals surface area contributed by atoms with Gasteiger partial charge >= 0.3 is 0 Å². The normalized spacial score (nSPS) is 12.7. The minimum absolute atomic E-state index is 0.204. The van der Waals surface area contributed by atoms with Crippen LogP contribution in [-0.4, -0.2) is 5.11 Å². The monoisotopic (exact) mass is 399 g/mol. The maximum Gasteiger partial charge on any atom is 0.123 e. The standard InChI is InChI=1S/C23H26ClNOS/c1-22(2,3)19-12-15(13-20(21(19)26)23(4,5)6)11-18(14-25)27-17-9-7-16(24)8-10-17/h7-13,26H,1-6H3/b18-11+. The SMILES string of the molecule is CC(C)(C)c1cc(/C=C(\C#N)Sc2ccc(Cl)cc2)cc(C(C)(C)C)c1O. The Morgan fingerprint density at radius 3 is 1.89 bits per heavy atom. The molecule has 0 saturated heterocycles. The van der Waals surface area contributed by atoms with E-state index in [0.29, 0.717) is 15.7 Å². The minimum Gasteiger partial charge on any atom is -0.507 e. The third-order valence-corrected chi connectivity index (χ3v) is 5.39. The lowest BCUT2D eigenvalue weighted by Gasteiger charge is -2.28. The molecule has 0 spiro atoms. The highest BCUT2D eigenvalue weighted by atomic mass is 35.5. The van der Waals surface area contributed by atoms with Crippen molar-refractivity contribution in [3.05, 3.63) is 63.0 Å². The van der Waals surface area contributed by atoms with Crippen molar-refractivity contribution in [2.24, 2.45) is 0 Å². The molecule has 0 aliphatic heterocycles. The maximum atomic E-state index is 10.8. The number of halogens is 1. The molecule has 2 aromatic rings. The maximum absolute atomic E-state index is 10.8. The molecule has 2 nitrogen and oxygen atoms in total. The molecular weight excluding hydrogens is 374 g/mol. The molecule has 2 rings (SSSR count). The van der Waals surface area contributed by atoms with E-state index in [1.54, 1.807) is 0 Å². The molecule has 4 heteroatoms. The fourth-order valence-electron chi connectivity index (χ4n) is 2.75. The van der Waals surface area contributed by atoms with Crippen LogP contribution < -0.4 is 0 Å². The molecule has 0 fully saturated rings. The van der Waals surface area contributed by atoms with Crippen molar-refractivity contribution < 1.29 is 5.11 Å². The Balaban J connectivity index is 2.54. The largest absolute Gasteiger partial charge is 0.507 e. The Hall–Kier alpha value is -1.89. The van der Waals surface area contributed by atoms with E-state index >= 15 is 0 Å². The molecule has 1 N–H and O–H groups in total. The van der Waals surface area contributed by atoms with Crippen molar-refractivity contribution in [1.29, 1.82) is 5.26 Å². The van der Waals surface area contributed by atoms with Gasteiger partial charge in [0.1, 0.15) is 11.8 Å². The first-order valence-electron chi connectivity index (χ1n) is 8.85. The van der Waals surface area contributed by atoms with E-state index in [9.17, 15) is 10.4 Å². The second-order valence-corrected chi connectivity index (χ2v) is 10.2. The van der Waals surface area contributed by atoms with E-state index in [0.717, 1.165) is 21.6 Å². The Labute approximate surface area is 171 Å². The second-order valence-electron chi connectivity index (χ2n) is 8.64. The van der Waals surface area contributed by atoms with Gasteiger partial charge in [0, 0.05) is 21.0 Å². The molecule has 0 unspecified atom stereocenters. The third-order valence-electron chi connectivity index (χ3n) is 4.20. The second kappa shape index (κ2) is 8.00. The van der Waals surface area contributed by atoms with Gasteiger partial charge in [-0.15, -0.1) is 0 Å². The molecule has 2 aromatic carbocycles. The number of rotatable bonds is 3. The van der Waals surface area contributed by atoms with Crippen molar-refractivity contribution in [1.82, 2.24) is 0 Å². The van der Waals surface area contributed by atoms with Crippen molar-refractivity contribution >= 4 is 29.4 Å². The number of hydrogen-bond acceptors (Lipinski definition) is 3. The Morgan fingerprint density at radius 1 is 1.00 bits per heavy atom. The smallest absolute Gasteiger partial charge is 0.123 e. The minimum atomic E-state index is -0.204. The Kier molecular flexibility index (Phi) is 6.35. The molecule has 142 valence electrons. The highest BCUT2D eigenvalue weighted by molar-refractivity contribution is 8.03. The fraction of sp³-hybridized carbons (Fsp3) is 0.348. The number of aromatic hydroxyl groups is 1. The zero-order chi connectivity index (χ0) is 20.4. The number of nitrogens with zero attached hydrogens (tertiary/aromatic N) is 1. The first kappa shape index (κ1) is 21.4. The van der Waals surface area contributed by atoms with Crippen molar-refractivity contribution in [3.8, 4) is 11.8 Å². The highest BCUT2D eigenvalue weighted by Crippen LogP contribution is 2.40. The van der Waals surface area contributed by atoms with Gasteiger partial charge in [0.25, 0.3) is 0 Å². The van der Waals surface area contributed by atoms with Crippen LogP contribution in [0.1, 0.15) is 58.2 Å². The molecule has 0 saturated carbocycles. The van der Waals surface area contributed by atoms with Gasteiger partial charge in [0.05, 0.1) is 4.91 Å². The van der Waals surface area contributed by atoms with Crippen molar-refractivity contribution in [2.45, 2.75) is 57.3 Å². The summed E-state index contributed by atoms with van der Waals surface area (Å²) in [6, 6.07) is 13.7. The lowest BCUT2D eigenvalue weighted by atomic mass is 9.78. The quantitative estimate of drug-likeness (QED) is 0.435. The van der Waals surface area contributed by atoms with Crippen LogP contribution in [0.4, 0.5) is 0 Å².